The maximum absolute atomic E-state index is 10.1. The second-order valence-electron chi connectivity index (χ2n) is 4.77. The third-order valence-corrected chi connectivity index (χ3v) is 3.74. The van der Waals surface area contributed by atoms with E-state index in [1.165, 1.54) is 7.11 Å². The van der Waals surface area contributed by atoms with Crippen LogP contribution in [0.2, 0.25) is 10.0 Å². The zero-order valence-electron chi connectivity index (χ0n) is 11.9. The van der Waals surface area contributed by atoms with Crippen LogP contribution in [-0.2, 0) is 6.54 Å². The van der Waals surface area contributed by atoms with Gasteiger partial charge in [0.05, 0.1) is 7.11 Å². The minimum absolute atomic E-state index is 0.0908. The molecule has 0 aliphatic heterocycles. The molecule has 3 nitrogen and oxygen atoms in total. The lowest BCUT2D eigenvalue weighted by Gasteiger charge is -2.16. The molecule has 1 atom stereocenters. The molecule has 0 aliphatic carbocycles. The second-order valence-corrected chi connectivity index (χ2v) is 5.65. The molecule has 0 bridgehead atoms. The topological polar surface area (TPSA) is 41.5 Å². The molecule has 5 heteroatoms. The summed E-state index contributed by atoms with van der Waals surface area (Å²) in [6.45, 7) is 2.50. The van der Waals surface area contributed by atoms with Crippen molar-refractivity contribution >= 4 is 23.2 Å². The fraction of sp³-hybridized carbons (Fsp3) is 0.250. The van der Waals surface area contributed by atoms with E-state index in [9.17, 15) is 5.11 Å². The van der Waals surface area contributed by atoms with Gasteiger partial charge >= 0.3 is 0 Å². The van der Waals surface area contributed by atoms with Gasteiger partial charge < -0.3 is 15.2 Å². The van der Waals surface area contributed by atoms with Crippen LogP contribution in [0.15, 0.2) is 36.4 Å². The molecule has 0 saturated heterocycles. The van der Waals surface area contributed by atoms with Gasteiger partial charge in [-0.15, -0.1) is 0 Å². The summed E-state index contributed by atoms with van der Waals surface area (Å²) in [4.78, 5) is 0. The first-order valence-corrected chi connectivity index (χ1v) is 7.31. The van der Waals surface area contributed by atoms with E-state index >= 15 is 0 Å². The van der Waals surface area contributed by atoms with E-state index in [4.69, 9.17) is 27.9 Å². The van der Waals surface area contributed by atoms with Crippen LogP contribution in [0.5, 0.6) is 11.5 Å². The SMILES string of the molecule is COc1cc(Cl)cc(CN[C@H](C)c2cccc(Cl)c2)c1O. The van der Waals surface area contributed by atoms with Crippen molar-refractivity contribution in [1.82, 2.24) is 5.32 Å². The molecule has 2 aromatic carbocycles. The summed E-state index contributed by atoms with van der Waals surface area (Å²) in [7, 11) is 1.50. The molecular formula is C16H17Cl2NO2. The molecular weight excluding hydrogens is 309 g/mol. The van der Waals surface area contributed by atoms with Crippen molar-refractivity contribution in [3.8, 4) is 11.5 Å². The van der Waals surface area contributed by atoms with Gasteiger partial charge in [-0.1, -0.05) is 35.3 Å². The Kier molecular flexibility index (Phi) is 5.34. The average molecular weight is 326 g/mol. The number of phenols is 1. The summed E-state index contributed by atoms with van der Waals surface area (Å²) in [6.07, 6.45) is 0. The first-order valence-electron chi connectivity index (χ1n) is 6.55. The van der Waals surface area contributed by atoms with E-state index in [0.29, 0.717) is 27.9 Å². The lowest BCUT2D eigenvalue weighted by molar-refractivity contribution is 0.369. The molecule has 0 radical (unpaired) electrons. The highest BCUT2D eigenvalue weighted by atomic mass is 35.5. The molecule has 2 aromatic rings. The van der Waals surface area contributed by atoms with Gasteiger partial charge in [0, 0.05) is 34.3 Å². The smallest absolute Gasteiger partial charge is 0.162 e. The van der Waals surface area contributed by atoms with Crippen LogP contribution in [0, 0.1) is 0 Å². The van der Waals surface area contributed by atoms with Gasteiger partial charge in [-0.2, -0.15) is 0 Å². The Hall–Kier alpha value is -1.42. The van der Waals surface area contributed by atoms with E-state index in [2.05, 4.69) is 5.32 Å². The zero-order valence-corrected chi connectivity index (χ0v) is 13.4. The quantitative estimate of drug-likeness (QED) is 0.846. The summed E-state index contributed by atoms with van der Waals surface area (Å²) in [5.41, 5.74) is 1.77. The van der Waals surface area contributed by atoms with Gasteiger partial charge in [-0.3, -0.25) is 0 Å². The third-order valence-electron chi connectivity index (χ3n) is 3.29. The van der Waals surface area contributed by atoms with Gasteiger partial charge in [0.2, 0.25) is 0 Å². The molecule has 2 rings (SSSR count). The molecule has 0 unspecified atom stereocenters. The number of nitrogens with one attached hydrogen (secondary N) is 1. The average Bonchev–Trinajstić information content (AvgIpc) is 2.47. The molecule has 0 heterocycles. The van der Waals surface area contributed by atoms with Gasteiger partial charge in [-0.25, -0.2) is 0 Å². The van der Waals surface area contributed by atoms with Crippen molar-refractivity contribution in [3.05, 3.63) is 57.6 Å². The largest absolute Gasteiger partial charge is 0.504 e. The molecule has 0 amide bonds. The number of phenolic OH excluding ortho intramolecular Hbond substituents is 1. The number of hydrogen-bond acceptors (Lipinski definition) is 3. The summed E-state index contributed by atoms with van der Waals surface area (Å²) >= 11 is 12.0. The van der Waals surface area contributed by atoms with Crippen LogP contribution in [-0.4, -0.2) is 12.2 Å². The summed E-state index contributed by atoms with van der Waals surface area (Å²) in [5, 5.41) is 14.7. The molecule has 0 saturated carbocycles. The van der Waals surface area contributed by atoms with Crippen LogP contribution < -0.4 is 10.1 Å². The van der Waals surface area contributed by atoms with Crippen LogP contribution in [0.1, 0.15) is 24.1 Å². The predicted octanol–water partition coefficient (Wildman–Crippen LogP) is 4.56. The predicted molar refractivity (Wildman–Crippen MR) is 86.4 cm³/mol. The normalized spacial score (nSPS) is 12.2. The van der Waals surface area contributed by atoms with Crippen molar-refractivity contribution in [2.45, 2.75) is 19.5 Å². The fourth-order valence-electron chi connectivity index (χ4n) is 2.08. The van der Waals surface area contributed by atoms with Gasteiger partial charge in [0.1, 0.15) is 0 Å². The van der Waals surface area contributed by atoms with Crippen molar-refractivity contribution in [2.75, 3.05) is 7.11 Å². The number of halogens is 2. The highest BCUT2D eigenvalue weighted by Crippen LogP contribution is 2.33. The molecule has 0 aromatic heterocycles. The Morgan fingerprint density at radius 2 is 1.95 bits per heavy atom. The molecule has 2 N–H and O–H groups in total. The highest BCUT2D eigenvalue weighted by Gasteiger charge is 2.12. The number of hydrogen-bond donors (Lipinski definition) is 2. The minimum atomic E-state index is 0.0908. The molecule has 21 heavy (non-hydrogen) atoms. The second kappa shape index (κ2) is 7.03. The molecule has 0 spiro atoms. The Balaban J connectivity index is 2.11. The Bertz CT molecular complexity index is 632. The number of rotatable bonds is 5. The molecule has 0 aliphatic rings. The first kappa shape index (κ1) is 16.0. The Morgan fingerprint density at radius 1 is 1.19 bits per heavy atom. The maximum Gasteiger partial charge on any atom is 0.162 e. The van der Waals surface area contributed by atoms with Gasteiger partial charge in [-0.05, 0) is 30.7 Å². The Morgan fingerprint density at radius 3 is 2.62 bits per heavy atom. The Labute approximate surface area is 134 Å². The lowest BCUT2D eigenvalue weighted by atomic mass is 10.1. The number of ether oxygens (including phenoxy) is 1. The van der Waals surface area contributed by atoms with Crippen LogP contribution in [0.25, 0.3) is 0 Å². The van der Waals surface area contributed by atoms with Crippen LogP contribution in [0.4, 0.5) is 0 Å². The van der Waals surface area contributed by atoms with E-state index in [1.807, 2.05) is 31.2 Å². The zero-order chi connectivity index (χ0) is 15.4. The van der Waals surface area contributed by atoms with Gasteiger partial charge in [0.25, 0.3) is 0 Å². The summed E-state index contributed by atoms with van der Waals surface area (Å²) in [5.74, 6) is 0.474. The molecule has 112 valence electrons. The first-order chi connectivity index (χ1) is 10.0. The van der Waals surface area contributed by atoms with Crippen LogP contribution in [0.3, 0.4) is 0 Å². The van der Waals surface area contributed by atoms with Crippen molar-refractivity contribution in [1.29, 1.82) is 0 Å². The van der Waals surface area contributed by atoms with Crippen molar-refractivity contribution in [2.24, 2.45) is 0 Å². The van der Waals surface area contributed by atoms with E-state index in [-0.39, 0.29) is 11.8 Å². The van der Waals surface area contributed by atoms with Crippen molar-refractivity contribution in [3.63, 3.8) is 0 Å². The third kappa shape index (κ3) is 4.03. The minimum Gasteiger partial charge on any atom is -0.504 e. The molecule has 0 fully saturated rings. The van der Waals surface area contributed by atoms with Gasteiger partial charge in [0.15, 0.2) is 11.5 Å². The number of methoxy groups -OCH3 is 1. The monoisotopic (exact) mass is 325 g/mol. The van der Waals surface area contributed by atoms with E-state index < -0.39 is 0 Å². The van der Waals surface area contributed by atoms with E-state index in [0.717, 1.165) is 5.56 Å². The standard InChI is InChI=1S/C16H17Cl2NO2/c1-10(11-4-3-5-13(17)6-11)19-9-12-7-14(18)8-15(21-2)16(12)20/h3-8,10,19-20H,9H2,1-2H3/t10-/m1/s1. The summed E-state index contributed by atoms with van der Waals surface area (Å²) in [6, 6.07) is 11.1. The highest BCUT2D eigenvalue weighted by molar-refractivity contribution is 6.31. The fourth-order valence-corrected chi connectivity index (χ4v) is 2.51. The van der Waals surface area contributed by atoms with Crippen molar-refractivity contribution < 1.29 is 9.84 Å². The lowest BCUT2D eigenvalue weighted by Crippen LogP contribution is -2.18. The van der Waals surface area contributed by atoms with Crippen LogP contribution >= 0.6 is 23.2 Å². The van der Waals surface area contributed by atoms with E-state index in [1.54, 1.807) is 12.1 Å². The number of benzene rings is 2. The maximum atomic E-state index is 10.1. The summed E-state index contributed by atoms with van der Waals surface area (Å²) < 4.78 is 5.09. The number of aromatic hydroxyl groups is 1.